The van der Waals surface area contributed by atoms with Crippen molar-refractivity contribution in [2.45, 2.75) is 44.4 Å². The number of rotatable bonds is 5. The van der Waals surface area contributed by atoms with E-state index in [1.807, 2.05) is 0 Å². The van der Waals surface area contributed by atoms with Crippen molar-refractivity contribution in [3.05, 3.63) is 233 Å². The number of nitrogens with zero attached hydrogens (tertiary/aromatic N) is 1. The molecule has 1 aliphatic heterocycles. The topological polar surface area (TPSA) is 36.4 Å². The summed E-state index contributed by atoms with van der Waals surface area (Å²) in [4.78, 5) is 5.38. The molecule has 5 aliphatic rings. The van der Waals surface area contributed by atoms with Gasteiger partial charge in [0.1, 0.15) is 18.2 Å². The summed E-state index contributed by atoms with van der Waals surface area (Å²) in [5.74, 6) is 1.93. The van der Waals surface area contributed by atoms with E-state index >= 15 is 0 Å². The summed E-state index contributed by atoms with van der Waals surface area (Å²) >= 11 is 0. The fourth-order valence-corrected chi connectivity index (χ4v) is 11.0. The van der Waals surface area contributed by atoms with Crippen molar-refractivity contribution in [1.29, 1.82) is 0 Å². The number of hydrogen-bond acceptors (Lipinski definition) is 3. The molecule has 12 rings (SSSR count). The number of nitrogens with one attached hydrogen (secondary N) is 2. The Morgan fingerprint density at radius 2 is 1.30 bits per heavy atom. The molecule has 61 heavy (non-hydrogen) atoms. The van der Waals surface area contributed by atoms with Crippen molar-refractivity contribution in [3.63, 3.8) is 0 Å². The quantitative estimate of drug-likeness (QED) is 0.182. The predicted octanol–water partition coefficient (Wildman–Crippen LogP) is 13.7. The van der Waals surface area contributed by atoms with Crippen molar-refractivity contribution in [2.24, 2.45) is 16.8 Å². The van der Waals surface area contributed by atoms with Gasteiger partial charge in [0.2, 0.25) is 0 Å². The van der Waals surface area contributed by atoms with Gasteiger partial charge >= 0.3 is 0 Å². The van der Waals surface area contributed by atoms with Gasteiger partial charge in [0, 0.05) is 5.57 Å². The average Bonchev–Trinajstić information content (AvgIpc) is 3.78. The molecule has 4 aliphatic carbocycles. The molecule has 0 saturated heterocycles. The van der Waals surface area contributed by atoms with Crippen LogP contribution in [0, 0.1) is 11.8 Å². The predicted molar refractivity (Wildman–Crippen MR) is 253 cm³/mol. The lowest BCUT2D eigenvalue weighted by Gasteiger charge is -2.34. The second-order valence-corrected chi connectivity index (χ2v) is 17.6. The Labute approximate surface area is 358 Å². The van der Waals surface area contributed by atoms with Crippen LogP contribution in [0.3, 0.4) is 0 Å². The van der Waals surface area contributed by atoms with Crippen molar-refractivity contribution < 1.29 is 0 Å². The maximum atomic E-state index is 5.38. The van der Waals surface area contributed by atoms with Gasteiger partial charge in [-0.05, 0) is 125 Å². The SMILES string of the molecule is CC1C=CC(C2=NC(c3cccc(-c4c(-c5ccc6c(c5)C5(C7=C(C=CC(C)C7)c7ccccc75)c5ccccc5-6)ccc5ccccc45)c3)NC(c3ccccc3)N2)=CC1. The molecule has 0 saturated carbocycles. The minimum absolute atomic E-state index is 0.0917. The normalized spacial score (nSPS) is 23.2. The van der Waals surface area contributed by atoms with Crippen LogP contribution < -0.4 is 10.6 Å². The summed E-state index contributed by atoms with van der Waals surface area (Å²) in [6, 6.07) is 58.9. The average molecular weight is 786 g/mol. The standard InChI is InChI=1S/C58H47N3/c1-36-23-26-40(27-24-36)56-59-55(39-14-4-3-5-15-39)60-57(61-56)43-17-12-16-42(34-43)54-44-18-7-6-13-38(44)28-31-45(54)41-29-32-49-47-20-9-11-22-51(47)58(53(49)35-41)50-21-10-8-19-46(50)48-30-25-37(2)33-52(48)58/h3-23,25-32,34-37,55,57,60H,24,33H2,1-2H3,(H,59,61). The summed E-state index contributed by atoms with van der Waals surface area (Å²) in [6.45, 7) is 4.63. The van der Waals surface area contributed by atoms with Gasteiger partial charge in [0.25, 0.3) is 0 Å². The number of allylic oxidation sites excluding steroid dienone is 6. The maximum absolute atomic E-state index is 5.38. The lowest BCUT2D eigenvalue weighted by atomic mass is 9.67. The van der Waals surface area contributed by atoms with E-state index in [4.69, 9.17) is 4.99 Å². The fraction of sp³-hybridized carbons (Fsp3) is 0.155. The molecule has 0 fully saturated rings. The second-order valence-electron chi connectivity index (χ2n) is 17.6. The van der Waals surface area contributed by atoms with Gasteiger partial charge in [-0.25, -0.2) is 4.99 Å². The highest BCUT2D eigenvalue weighted by atomic mass is 15.3. The Bertz CT molecular complexity index is 3090. The fourth-order valence-electron chi connectivity index (χ4n) is 11.0. The Morgan fingerprint density at radius 3 is 2.15 bits per heavy atom. The van der Waals surface area contributed by atoms with E-state index in [-0.39, 0.29) is 17.7 Å². The Kier molecular flexibility index (Phi) is 8.37. The highest BCUT2D eigenvalue weighted by Crippen LogP contribution is 2.64. The minimum atomic E-state index is -0.337. The van der Waals surface area contributed by atoms with E-state index < -0.39 is 0 Å². The van der Waals surface area contributed by atoms with Crippen LogP contribution in [0.4, 0.5) is 0 Å². The van der Waals surface area contributed by atoms with E-state index in [1.165, 1.54) is 83.1 Å². The van der Waals surface area contributed by atoms with E-state index in [0.717, 1.165) is 29.8 Å². The van der Waals surface area contributed by atoms with Gasteiger partial charge in [-0.2, -0.15) is 0 Å². The van der Waals surface area contributed by atoms with Gasteiger partial charge in [-0.1, -0.05) is 190 Å². The van der Waals surface area contributed by atoms with Crippen LogP contribution in [-0.2, 0) is 5.41 Å². The number of hydrogen-bond donors (Lipinski definition) is 2. The van der Waals surface area contributed by atoms with Crippen LogP contribution in [0.25, 0.3) is 49.7 Å². The Hall–Kier alpha value is -6.81. The first kappa shape index (κ1) is 36.1. The third-order valence-electron chi connectivity index (χ3n) is 13.9. The molecule has 0 amide bonds. The second kappa shape index (κ2) is 14.1. The number of benzene rings is 7. The van der Waals surface area contributed by atoms with E-state index in [0.29, 0.717) is 11.8 Å². The molecule has 5 atom stereocenters. The van der Waals surface area contributed by atoms with Gasteiger partial charge in [-0.15, -0.1) is 0 Å². The molecule has 3 heteroatoms. The van der Waals surface area contributed by atoms with E-state index in [1.54, 1.807) is 0 Å². The molecule has 0 bridgehead atoms. The van der Waals surface area contributed by atoms with E-state index in [9.17, 15) is 0 Å². The molecule has 1 spiro atoms. The van der Waals surface area contributed by atoms with Crippen molar-refractivity contribution in [3.8, 4) is 33.4 Å². The van der Waals surface area contributed by atoms with Crippen LogP contribution in [0.2, 0.25) is 0 Å². The van der Waals surface area contributed by atoms with Gasteiger partial charge in [0.05, 0.1) is 5.41 Å². The maximum Gasteiger partial charge on any atom is 0.131 e. The van der Waals surface area contributed by atoms with Crippen molar-refractivity contribution in [1.82, 2.24) is 10.6 Å². The molecule has 294 valence electrons. The summed E-state index contributed by atoms with van der Waals surface area (Å²) in [5.41, 5.74) is 19.2. The largest absolute Gasteiger partial charge is 0.350 e. The van der Waals surface area contributed by atoms with Gasteiger partial charge < -0.3 is 5.32 Å². The smallest absolute Gasteiger partial charge is 0.131 e. The highest BCUT2D eigenvalue weighted by molar-refractivity contribution is 6.06. The Balaban J connectivity index is 1.03. The summed E-state index contributed by atoms with van der Waals surface area (Å²) in [6.07, 6.45) is 13.4. The van der Waals surface area contributed by atoms with Crippen LogP contribution >= 0.6 is 0 Å². The van der Waals surface area contributed by atoms with Crippen molar-refractivity contribution in [2.75, 3.05) is 0 Å². The summed E-state index contributed by atoms with van der Waals surface area (Å²) in [5, 5.41) is 10.1. The van der Waals surface area contributed by atoms with Crippen LogP contribution in [-0.4, -0.2) is 5.84 Å². The third-order valence-corrected chi connectivity index (χ3v) is 13.9. The first-order chi connectivity index (χ1) is 30.0. The molecule has 7 aromatic rings. The summed E-state index contributed by atoms with van der Waals surface area (Å²) < 4.78 is 0. The first-order valence-corrected chi connectivity index (χ1v) is 22.0. The molecule has 3 nitrogen and oxygen atoms in total. The third kappa shape index (κ3) is 5.64. The number of amidine groups is 1. The zero-order valence-corrected chi connectivity index (χ0v) is 34.6. The molecule has 1 heterocycles. The molecule has 7 aromatic carbocycles. The lowest BCUT2D eigenvalue weighted by Crippen LogP contribution is -2.45. The number of aliphatic imine (C=N–C) groups is 1. The summed E-state index contributed by atoms with van der Waals surface area (Å²) in [7, 11) is 0. The van der Waals surface area contributed by atoms with Gasteiger partial charge in [-0.3, -0.25) is 5.32 Å². The molecule has 0 radical (unpaired) electrons. The lowest BCUT2D eigenvalue weighted by molar-refractivity contribution is 0.409. The van der Waals surface area contributed by atoms with Crippen molar-refractivity contribution >= 4 is 22.2 Å². The van der Waals surface area contributed by atoms with Crippen LogP contribution in [0.15, 0.2) is 204 Å². The molecular weight excluding hydrogens is 739 g/mol. The van der Waals surface area contributed by atoms with Crippen LogP contribution in [0.1, 0.15) is 72.4 Å². The zero-order valence-electron chi connectivity index (χ0n) is 34.6. The molecule has 0 aromatic heterocycles. The van der Waals surface area contributed by atoms with E-state index in [2.05, 4.69) is 213 Å². The van der Waals surface area contributed by atoms with Crippen LogP contribution in [0.5, 0.6) is 0 Å². The highest BCUT2D eigenvalue weighted by Gasteiger charge is 2.53. The molecule has 2 N–H and O–H groups in total. The molecule has 5 unspecified atom stereocenters. The zero-order chi connectivity index (χ0) is 40.7. The van der Waals surface area contributed by atoms with Gasteiger partial charge in [0.15, 0.2) is 0 Å². The Morgan fingerprint density at radius 1 is 0.574 bits per heavy atom. The first-order valence-electron chi connectivity index (χ1n) is 22.0. The number of fused-ring (bicyclic) bond motifs is 10. The monoisotopic (exact) mass is 785 g/mol. The minimum Gasteiger partial charge on any atom is -0.350 e. The molecular formula is C58H47N3.